The van der Waals surface area contributed by atoms with Gasteiger partial charge in [-0.2, -0.15) is 5.10 Å². The molecule has 3 amide bonds. The van der Waals surface area contributed by atoms with E-state index in [-0.39, 0.29) is 31.2 Å². The molecule has 0 spiro atoms. The number of fused-ring (bicyclic) bond motifs is 1. The van der Waals surface area contributed by atoms with E-state index in [4.69, 9.17) is 0 Å². The number of benzene rings is 1. The molecule has 12 heteroatoms. The van der Waals surface area contributed by atoms with Crippen LogP contribution in [0, 0.1) is 0 Å². The molecule has 10 nitrogen and oxygen atoms in total. The standard InChI is InChI=1S/C21H17F2N7O3/c22-21(23)8-17(21)29-6-5-14(26-29)15-10-30(27-25-15)12-1-2-13-11(7-12)9-28(20(13)33)16-3-4-18(31)24-19(16)32/h1-2,5-7,10,16-17H,3-4,8-9H2,(H,24,31,32). The maximum absolute atomic E-state index is 13.3. The van der Waals surface area contributed by atoms with Gasteiger partial charge in [-0.05, 0) is 36.2 Å². The summed E-state index contributed by atoms with van der Waals surface area (Å²) in [7, 11) is 0. The highest BCUT2D eigenvalue weighted by atomic mass is 19.3. The number of rotatable bonds is 4. The van der Waals surface area contributed by atoms with E-state index in [1.165, 1.54) is 20.5 Å². The van der Waals surface area contributed by atoms with E-state index >= 15 is 0 Å². The van der Waals surface area contributed by atoms with Gasteiger partial charge in [-0.1, -0.05) is 5.21 Å². The SMILES string of the molecule is O=C1CCC(N2Cc3cc(-n4cc(-c5ccn(C6CC6(F)F)n5)nn4)ccc3C2=O)C(=O)N1. The number of carbonyl (C=O) groups excluding carboxylic acids is 3. The highest BCUT2D eigenvalue weighted by Gasteiger charge is 2.59. The van der Waals surface area contributed by atoms with Gasteiger partial charge in [0.1, 0.15) is 23.5 Å². The minimum atomic E-state index is -2.72. The van der Waals surface area contributed by atoms with Gasteiger partial charge in [0.2, 0.25) is 11.8 Å². The van der Waals surface area contributed by atoms with E-state index in [0.29, 0.717) is 29.1 Å². The minimum Gasteiger partial charge on any atom is -0.322 e. The molecule has 1 saturated carbocycles. The van der Waals surface area contributed by atoms with Gasteiger partial charge >= 0.3 is 0 Å². The van der Waals surface area contributed by atoms with E-state index in [2.05, 4.69) is 20.7 Å². The molecule has 6 rings (SSSR count). The zero-order valence-corrected chi connectivity index (χ0v) is 17.1. The van der Waals surface area contributed by atoms with Crippen molar-refractivity contribution in [2.24, 2.45) is 0 Å². The van der Waals surface area contributed by atoms with Gasteiger partial charge in [0.25, 0.3) is 11.8 Å². The number of nitrogens with zero attached hydrogens (tertiary/aromatic N) is 6. The molecule has 0 bridgehead atoms. The molecule has 4 heterocycles. The molecule has 2 aromatic heterocycles. The largest absolute Gasteiger partial charge is 0.322 e. The highest BCUT2D eigenvalue weighted by molar-refractivity contribution is 6.05. The Kier molecular flexibility index (Phi) is 4.04. The molecule has 33 heavy (non-hydrogen) atoms. The van der Waals surface area contributed by atoms with Crippen molar-refractivity contribution in [1.82, 2.24) is 35.0 Å². The van der Waals surface area contributed by atoms with Crippen LogP contribution in [0.3, 0.4) is 0 Å². The number of amides is 3. The molecular formula is C21H17F2N7O3. The molecule has 0 radical (unpaired) electrons. The first kappa shape index (κ1) is 19.7. The van der Waals surface area contributed by atoms with Crippen LogP contribution in [0.25, 0.3) is 17.1 Å². The summed E-state index contributed by atoms with van der Waals surface area (Å²) in [5.41, 5.74) is 2.75. The van der Waals surface area contributed by atoms with Crippen LogP contribution in [0.4, 0.5) is 8.78 Å². The smallest absolute Gasteiger partial charge is 0.272 e. The molecule has 1 aromatic carbocycles. The van der Waals surface area contributed by atoms with Gasteiger partial charge in [-0.25, -0.2) is 13.5 Å². The summed E-state index contributed by atoms with van der Waals surface area (Å²) in [5, 5.41) is 14.7. The van der Waals surface area contributed by atoms with Crippen molar-refractivity contribution in [3.63, 3.8) is 0 Å². The lowest BCUT2D eigenvalue weighted by molar-refractivity contribution is -0.136. The van der Waals surface area contributed by atoms with Crippen molar-refractivity contribution in [3.8, 4) is 17.1 Å². The van der Waals surface area contributed by atoms with E-state index in [1.54, 1.807) is 30.5 Å². The lowest BCUT2D eigenvalue weighted by atomic mass is 10.0. The van der Waals surface area contributed by atoms with Crippen molar-refractivity contribution in [2.45, 2.75) is 43.8 Å². The molecule has 168 valence electrons. The third-order valence-electron chi connectivity index (χ3n) is 6.25. The average Bonchev–Trinajstić information content (AvgIpc) is 3.25. The Balaban J connectivity index is 1.23. The van der Waals surface area contributed by atoms with Crippen LogP contribution in [-0.4, -0.2) is 59.4 Å². The third kappa shape index (κ3) is 3.20. The van der Waals surface area contributed by atoms with Crippen molar-refractivity contribution < 1.29 is 23.2 Å². The monoisotopic (exact) mass is 453 g/mol. The van der Waals surface area contributed by atoms with Gasteiger partial charge in [0, 0.05) is 31.1 Å². The number of imide groups is 1. The number of alkyl halides is 2. The molecule has 1 saturated heterocycles. The number of halogens is 2. The summed E-state index contributed by atoms with van der Waals surface area (Å²) in [6, 6.07) is 5.19. The topological polar surface area (TPSA) is 115 Å². The lowest BCUT2D eigenvalue weighted by Gasteiger charge is -2.29. The molecule has 2 fully saturated rings. The van der Waals surface area contributed by atoms with Crippen molar-refractivity contribution in [3.05, 3.63) is 47.8 Å². The van der Waals surface area contributed by atoms with Crippen LogP contribution in [0.5, 0.6) is 0 Å². The number of hydrogen-bond donors (Lipinski definition) is 1. The van der Waals surface area contributed by atoms with E-state index < -0.39 is 23.9 Å². The highest BCUT2D eigenvalue weighted by Crippen LogP contribution is 2.52. The Hall–Kier alpha value is -3.96. The molecule has 1 aliphatic carbocycles. The Labute approximate surface area is 185 Å². The Bertz CT molecular complexity index is 1330. The van der Waals surface area contributed by atoms with Crippen molar-refractivity contribution in [2.75, 3.05) is 0 Å². The fourth-order valence-electron chi connectivity index (χ4n) is 4.34. The summed E-state index contributed by atoms with van der Waals surface area (Å²) >= 11 is 0. The first-order valence-corrected chi connectivity index (χ1v) is 10.4. The van der Waals surface area contributed by atoms with Gasteiger partial charge in [-0.15, -0.1) is 5.10 Å². The van der Waals surface area contributed by atoms with Crippen LogP contribution in [0.15, 0.2) is 36.7 Å². The van der Waals surface area contributed by atoms with Crippen LogP contribution in [-0.2, 0) is 16.1 Å². The molecular weight excluding hydrogens is 436 g/mol. The van der Waals surface area contributed by atoms with Crippen LogP contribution >= 0.6 is 0 Å². The summed E-state index contributed by atoms with van der Waals surface area (Å²) in [5.74, 6) is -3.77. The van der Waals surface area contributed by atoms with E-state index in [9.17, 15) is 23.2 Å². The van der Waals surface area contributed by atoms with Gasteiger partial charge in [0.15, 0.2) is 0 Å². The van der Waals surface area contributed by atoms with E-state index in [0.717, 1.165) is 5.56 Å². The Morgan fingerprint density at radius 3 is 2.70 bits per heavy atom. The Morgan fingerprint density at radius 1 is 1.12 bits per heavy atom. The second-order valence-corrected chi connectivity index (χ2v) is 8.45. The third-order valence-corrected chi connectivity index (χ3v) is 6.25. The molecule has 2 aliphatic heterocycles. The fourth-order valence-corrected chi connectivity index (χ4v) is 4.34. The quantitative estimate of drug-likeness (QED) is 0.599. The van der Waals surface area contributed by atoms with Crippen LogP contribution in [0.1, 0.15) is 41.2 Å². The van der Waals surface area contributed by atoms with E-state index in [1.807, 2.05) is 0 Å². The molecule has 2 unspecified atom stereocenters. The molecule has 3 aromatic rings. The zero-order chi connectivity index (χ0) is 22.9. The maximum Gasteiger partial charge on any atom is 0.272 e. The van der Waals surface area contributed by atoms with Crippen molar-refractivity contribution >= 4 is 17.7 Å². The number of hydrogen-bond acceptors (Lipinski definition) is 6. The molecule has 3 aliphatic rings. The first-order chi connectivity index (χ1) is 15.8. The second kappa shape index (κ2) is 6.77. The summed E-state index contributed by atoms with van der Waals surface area (Å²) in [6.45, 7) is 0.246. The normalized spacial score (nSPS) is 23.6. The van der Waals surface area contributed by atoms with Gasteiger partial charge in [0.05, 0.1) is 11.9 Å². The maximum atomic E-state index is 13.3. The molecule has 2 atom stereocenters. The summed E-state index contributed by atoms with van der Waals surface area (Å²) in [6.07, 6.45) is 3.41. The molecule has 1 N–H and O–H groups in total. The summed E-state index contributed by atoms with van der Waals surface area (Å²) < 4.78 is 29.3. The zero-order valence-electron chi connectivity index (χ0n) is 17.1. The number of piperidine rings is 1. The minimum absolute atomic E-state index is 0.192. The van der Waals surface area contributed by atoms with Crippen molar-refractivity contribution in [1.29, 1.82) is 0 Å². The predicted molar refractivity (Wildman–Crippen MR) is 107 cm³/mol. The Morgan fingerprint density at radius 2 is 1.94 bits per heavy atom. The fraction of sp³-hybridized carbons (Fsp3) is 0.333. The summed E-state index contributed by atoms with van der Waals surface area (Å²) in [4.78, 5) is 37.9. The first-order valence-electron chi connectivity index (χ1n) is 10.4. The van der Waals surface area contributed by atoms with Crippen LogP contribution < -0.4 is 5.32 Å². The lowest BCUT2D eigenvalue weighted by Crippen LogP contribution is -2.52. The predicted octanol–water partition coefficient (Wildman–Crippen LogP) is 1.47. The second-order valence-electron chi connectivity index (χ2n) is 8.45. The van der Waals surface area contributed by atoms with Gasteiger partial charge < -0.3 is 4.90 Å². The number of aromatic nitrogens is 5. The number of nitrogens with one attached hydrogen (secondary N) is 1. The average molecular weight is 453 g/mol. The number of carbonyl (C=O) groups is 3. The van der Waals surface area contributed by atoms with Gasteiger partial charge in [-0.3, -0.25) is 24.4 Å². The van der Waals surface area contributed by atoms with Crippen LogP contribution in [0.2, 0.25) is 0 Å².